The first-order valence-corrected chi connectivity index (χ1v) is 8.71. The number of ether oxygens (including phenoxy) is 1. The van der Waals surface area contributed by atoms with Crippen molar-refractivity contribution >= 4 is 46.3 Å². The molecule has 9 heteroatoms. The SMILES string of the molecule is CNC(=O)c1ccccc1Nc1nc(Nc2cc(N)ccc2OC)ncc1Cl. The minimum atomic E-state index is -0.226. The van der Waals surface area contributed by atoms with E-state index in [4.69, 9.17) is 22.1 Å². The van der Waals surface area contributed by atoms with Crippen LogP contribution in [0.25, 0.3) is 0 Å². The van der Waals surface area contributed by atoms with Gasteiger partial charge in [0.2, 0.25) is 5.95 Å². The lowest BCUT2D eigenvalue weighted by molar-refractivity contribution is 0.0964. The molecular weight excluding hydrogens is 380 g/mol. The van der Waals surface area contributed by atoms with Gasteiger partial charge in [-0.2, -0.15) is 4.98 Å². The zero-order chi connectivity index (χ0) is 20.1. The summed E-state index contributed by atoms with van der Waals surface area (Å²) in [5, 5.41) is 9.05. The van der Waals surface area contributed by atoms with E-state index >= 15 is 0 Å². The Kier molecular flexibility index (Phi) is 5.81. The van der Waals surface area contributed by atoms with Crippen molar-refractivity contribution in [1.29, 1.82) is 0 Å². The first-order chi connectivity index (χ1) is 13.5. The number of hydrogen-bond donors (Lipinski definition) is 4. The Bertz CT molecular complexity index is 1010. The van der Waals surface area contributed by atoms with Crippen LogP contribution >= 0.6 is 11.6 Å². The molecule has 3 aromatic rings. The Hall–Kier alpha value is -3.52. The molecule has 144 valence electrons. The topological polar surface area (TPSA) is 114 Å². The van der Waals surface area contributed by atoms with Crippen LogP contribution in [0.1, 0.15) is 10.4 Å². The molecule has 1 aromatic heterocycles. The highest BCUT2D eigenvalue weighted by Gasteiger charge is 2.13. The zero-order valence-electron chi connectivity index (χ0n) is 15.3. The third-order valence-corrected chi connectivity index (χ3v) is 4.14. The van der Waals surface area contributed by atoms with E-state index in [1.165, 1.54) is 6.20 Å². The number of anilines is 5. The average molecular weight is 399 g/mol. The number of nitrogens with zero attached hydrogens (tertiary/aromatic N) is 2. The van der Waals surface area contributed by atoms with Crippen LogP contribution in [-0.2, 0) is 0 Å². The standard InChI is InChI=1S/C19H19ClN6O2/c1-22-18(27)12-5-3-4-6-14(12)24-17-13(20)10-23-19(26-17)25-15-9-11(21)7-8-16(15)28-2/h3-10H,21H2,1-2H3,(H,22,27)(H2,23,24,25,26). The van der Waals surface area contributed by atoms with Crippen molar-refractivity contribution in [3.05, 3.63) is 59.2 Å². The molecule has 2 aromatic carbocycles. The van der Waals surface area contributed by atoms with Crippen molar-refractivity contribution in [2.45, 2.75) is 0 Å². The summed E-state index contributed by atoms with van der Waals surface area (Å²) in [6, 6.07) is 12.2. The van der Waals surface area contributed by atoms with Gasteiger partial charge in [0.05, 0.1) is 30.2 Å². The van der Waals surface area contributed by atoms with Gasteiger partial charge in [-0.05, 0) is 30.3 Å². The Labute approximate surface area is 167 Å². The molecular formula is C19H19ClN6O2. The van der Waals surface area contributed by atoms with Gasteiger partial charge in [0.1, 0.15) is 10.8 Å². The van der Waals surface area contributed by atoms with Crippen LogP contribution in [0.15, 0.2) is 48.7 Å². The predicted octanol–water partition coefficient (Wildman–Crippen LogP) is 3.57. The van der Waals surface area contributed by atoms with Gasteiger partial charge >= 0.3 is 0 Å². The number of amides is 1. The highest BCUT2D eigenvalue weighted by molar-refractivity contribution is 6.33. The third kappa shape index (κ3) is 4.24. The molecule has 1 amide bonds. The molecule has 8 nitrogen and oxygen atoms in total. The van der Waals surface area contributed by atoms with E-state index in [9.17, 15) is 4.79 Å². The lowest BCUT2D eigenvalue weighted by Gasteiger charge is -2.14. The van der Waals surface area contributed by atoms with Gasteiger partial charge in [-0.15, -0.1) is 0 Å². The number of aromatic nitrogens is 2. The first-order valence-electron chi connectivity index (χ1n) is 8.33. The number of carbonyl (C=O) groups excluding carboxylic acids is 1. The van der Waals surface area contributed by atoms with Crippen LogP contribution in [0.3, 0.4) is 0 Å². The minimum absolute atomic E-state index is 0.226. The summed E-state index contributed by atoms with van der Waals surface area (Å²) in [5.74, 6) is 0.995. The Balaban J connectivity index is 1.91. The Morgan fingerprint density at radius 1 is 1.14 bits per heavy atom. The molecule has 0 aliphatic heterocycles. The molecule has 0 atom stereocenters. The number of carbonyl (C=O) groups is 1. The summed E-state index contributed by atoms with van der Waals surface area (Å²) < 4.78 is 5.32. The van der Waals surface area contributed by atoms with Gasteiger partial charge in [-0.3, -0.25) is 4.79 Å². The van der Waals surface area contributed by atoms with Crippen LogP contribution in [-0.4, -0.2) is 30.0 Å². The molecule has 28 heavy (non-hydrogen) atoms. The monoisotopic (exact) mass is 398 g/mol. The maximum absolute atomic E-state index is 12.1. The van der Waals surface area contributed by atoms with Crippen molar-refractivity contribution in [2.75, 3.05) is 30.5 Å². The van der Waals surface area contributed by atoms with E-state index < -0.39 is 0 Å². The Morgan fingerprint density at radius 3 is 2.68 bits per heavy atom. The molecule has 3 rings (SSSR count). The van der Waals surface area contributed by atoms with E-state index in [-0.39, 0.29) is 11.9 Å². The number of para-hydroxylation sites is 1. The zero-order valence-corrected chi connectivity index (χ0v) is 16.0. The highest BCUT2D eigenvalue weighted by Crippen LogP contribution is 2.30. The maximum atomic E-state index is 12.1. The van der Waals surface area contributed by atoms with E-state index in [1.807, 2.05) is 0 Å². The van der Waals surface area contributed by atoms with E-state index in [1.54, 1.807) is 56.6 Å². The smallest absolute Gasteiger partial charge is 0.253 e. The molecule has 0 aliphatic carbocycles. The number of hydrogen-bond acceptors (Lipinski definition) is 7. The summed E-state index contributed by atoms with van der Waals surface area (Å²) >= 11 is 6.24. The minimum Gasteiger partial charge on any atom is -0.495 e. The lowest BCUT2D eigenvalue weighted by atomic mass is 10.1. The predicted molar refractivity (Wildman–Crippen MR) is 111 cm³/mol. The van der Waals surface area contributed by atoms with Crippen LogP contribution in [0.2, 0.25) is 5.02 Å². The average Bonchev–Trinajstić information content (AvgIpc) is 2.70. The number of nitrogen functional groups attached to an aromatic ring is 1. The molecule has 0 unspecified atom stereocenters. The quantitative estimate of drug-likeness (QED) is 0.469. The molecule has 0 fully saturated rings. The summed E-state index contributed by atoms with van der Waals surface area (Å²) in [7, 11) is 3.12. The molecule has 1 heterocycles. The van der Waals surface area contributed by atoms with Gasteiger partial charge < -0.3 is 26.4 Å². The van der Waals surface area contributed by atoms with Crippen molar-refractivity contribution in [1.82, 2.24) is 15.3 Å². The van der Waals surface area contributed by atoms with Crippen molar-refractivity contribution in [3.8, 4) is 5.75 Å². The number of methoxy groups -OCH3 is 1. The van der Waals surface area contributed by atoms with E-state index in [0.717, 1.165) is 0 Å². The number of halogens is 1. The Morgan fingerprint density at radius 2 is 1.93 bits per heavy atom. The number of rotatable bonds is 6. The highest BCUT2D eigenvalue weighted by atomic mass is 35.5. The second kappa shape index (κ2) is 8.45. The molecule has 0 bridgehead atoms. The second-order valence-electron chi connectivity index (χ2n) is 5.72. The van der Waals surface area contributed by atoms with Gasteiger partial charge in [0, 0.05) is 12.7 Å². The molecule has 0 saturated carbocycles. The fourth-order valence-corrected chi connectivity index (χ4v) is 2.65. The van der Waals surface area contributed by atoms with Gasteiger partial charge in [0.15, 0.2) is 5.82 Å². The molecule has 0 radical (unpaired) electrons. The van der Waals surface area contributed by atoms with Gasteiger partial charge in [-0.1, -0.05) is 23.7 Å². The maximum Gasteiger partial charge on any atom is 0.253 e. The lowest BCUT2D eigenvalue weighted by Crippen LogP contribution is -2.19. The number of nitrogens with one attached hydrogen (secondary N) is 3. The molecule has 0 saturated heterocycles. The second-order valence-corrected chi connectivity index (χ2v) is 6.13. The van der Waals surface area contributed by atoms with E-state index in [0.29, 0.717) is 39.2 Å². The van der Waals surface area contributed by atoms with Crippen LogP contribution in [0, 0.1) is 0 Å². The molecule has 0 spiro atoms. The van der Waals surface area contributed by atoms with E-state index in [2.05, 4.69) is 25.9 Å². The van der Waals surface area contributed by atoms with Gasteiger partial charge in [0.25, 0.3) is 5.91 Å². The third-order valence-electron chi connectivity index (χ3n) is 3.87. The largest absolute Gasteiger partial charge is 0.495 e. The summed E-state index contributed by atoms with van der Waals surface area (Å²) in [4.78, 5) is 20.7. The summed E-state index contributed by atoms with van der Waals surface area (Å²) in [6.07, 6.45) is 1.46. The fourth-order valence-electron chi connectivity index (χ4n) is 2.51. The van der Waals surface area contributed by atoms with Crippen molar-refractivity contribution in [3.63, 3.8) is 0 Å². The van der Waals surface area contributed by atoms with Crippen molar-refractivity contribution in [2.24, 2.45) is 0 Å². The van der Waals surface area contributed by atoms with Crippen LogP contribution in [0.4, 0.5) is 28.8 Å². The molecule has 0 aliphatic rings. The van der Waals surface area contributed by atoms with Crippen LogP contribution in [0.5, 0.6) is 5.75 Å². The van der Waals surface area contributed by atoms with Crippen molar-refractivity contribution < 1.29 is 9.53 Å². The van der Waals surface area contributed by atoms with Gasteiger partial charge in [-0.25, -0.2) is 4.98 Å². The summed E-state index contributed by atoms with van der Waals surface area (Å²) in [5.41, 5.74) is 8.05. The molecule has 5 N–H and O–H groups in total. The van der Waals surface area contributed by atoms with Crippen LogP contribution < -0.4 is 26.4 Å². The summed E-state index contributed by atoms with van der Waals surface area (Å²) in [6.45, 7) is 0. The fraction of sp³-hybridized carbons (Fsp3) is 0.105. The normalized spacial score (nSPS) is 10.2. The number of nitrogens with two attached hydrogens (primary N) is 1. The first kappa shape index (κ1) is 19.2. The number of benzene rings is 2.